The van der Waals surface area contributed by atoms with Gasteiger partial charge < -0.3 is 10.8 Å². The Morgan fingerprint density at radius 3 is 2.33 bits per heavy atom. The van der Waals surface area contributed by atoms with Crippen molar-refractivity contribution in [3.63, 3.8) is 0 Å². The first-order chi connectivity index (χ1) is 9.96. The van der Waals surface area contributed by atoms with Crippen LogP contribution in [0, 0.1) is 5.41 Å². The number of hydrogen-bond donors (Lipinski definition) is 2. The van der Waals surface area contributed by atoms with Gasteiger partial charge in [-0.2, -0.15) is 0 Å². The lowest BCUT2D eigenvalue weighted by molar-refractivity contribution is -0.133. The lowest BCUT2D eigenvalue weighted by Crippen LogP contribution is -2.44. The molecule has 0 saturated heterocycles. The maximum atomic E-state index is 12.6. The van der Waals surface area contributed by atoms with E-state index in [1.807, 2.05) is 6.07 Å². The molecule has 1 aromatic rings. The van der Waals surface area contributed by atoms with Crippen molar-refractivity contribution in [2.24, 2.45) is 11.1 Å². The summed E-state index contributed by atoms with van der Waals surface area (Å²) in [4.78, 5) is 25.7. The minimum atomic E-state index is -0.953. The Hall–Kier alpha value is -1.88. The molecule has 0 bridgehead atoms. The zero-order valence-corrected chi connectivity index (χ0v) is 12.3. The highest BCUT2D eigenvalue weighted by molar-refractivity contribution is 5.97. The molecule has 3 N–H and O–H groups in total. The molecule has 0 aromatic heterocycles. The van der Waals surface area contributed by atoms with Gasteiger partial charge >= 0.3 is 0 Å². The Balaban J connectivity index is 2.22. The van der Waals surface area contributed by atoms with Crippen LogP contribution in [0.25, 0.3) is 0 Å². The number of aliphatic hydroxyl groups is 1. The fourth-order valence-electron chi connectivity index (χ4n) is 3.09. The number of nitrogens with two attached hydrogens (primary N) is 1. The lowest BCUT2D eigenvalue weighted by Gasteiger charge is -2.31. The summed E-state index contributed by atoms with van der Waals surface area (Å²) in [5.74, 6) is -0.677. The fourth-order valence-corrected chi connectivity index (χ4v) is 3.09. The Bertz CT molecular complexity index is 508. The summed E-state index contributed by atoms with van der Waals surface area (Å²) in [6.07, 6.45) is 2.23. The molecule has 2 rings (SSSR count). The third-order valence-electron chi connectivity index (χ3n) is 4.25. The first kappa shape index (κ1) is 15.5. The van der Waals surface area contributed by atoms with Crippen LogP contribution in [-0.2, 0) is 9.59 Å². The topological polar surface area (TPSA) is 83.6 Å². The third-order valence-corrected chi connectivity index (χ3v) is 4.25. The van der Waals surface area contributed by atoms with Gasteiger partial charge in [0.1, 0.15) is 6.23 Å². The number of rotatable bonds is 5. The Labute approximate surface area is 124 Å². The maximum absolute atomic E-state index is 12.6. The van der Waals surface area contributed by atoms with Gasteiger partial charge in [-0.3, -0.25) is 14.5 Å². The summed E-state index contributed by atoms with van der Waals surface area (Å²) in [7, 11) is 0. The highest BCUT2D eigenvalue weighted by atomic mass is 16.3. The second kappa shape index (κ2) is 6.26. The maximum Gasteiger partial charge on any atom is 0.230 e. The van der Waals surface area contributed by atoms with Gasteiger partial charge in [0.25, 0.3) is 0 Å². The number of para-hydroxylation sites is 1. The van der Waals surface area contributed by atoms with E-state index >= 15 is 0 Å². The molecule has 1 fully saturated rings. The van der Waals surface area contributed by atoms with Gasteiger partial charge in [0.05, 0.1) is 5.41 Å². The number of carbonyl (C=O) groups is 2. The van der Waals surface area contributed by atoms with Crippen LogP contribution in [0.5, 0.6) is 0 Å². The summed E-state index contributed by atoms with van der Waals surface area (Å²) in [6.45, 7) is 1.54. The van der Waals surface area contributed by atoms with Crippen molar-refractivity contribution >= 4 is 17.5 Å². The van der Waals surface area contributed by atoms with E-state index < -0.39 is 17.6 Å². The SMILES string of the molecule is CC(O)N(C(=O)CC1(C(N)=O)CCCC1)c1ccccc1. The summed E-state index contributed by atoms with van der Waals surface area (Å²) < 4.78 is 0. The Morgan fingerprint density at radius 1 is 1.29 bits per heavy atom. The number of anilines is 1. The monoisotopic (exact) mass is 290 g/mol. The van der Waals surface area contributed by atoms with Crippen LogP contribution in [0.1, 0.15) is 39.0 Å². The summed E-state index contributed by atoms with van der Waals surface area (Å²) >= 11 is 0. The molecule has 5 heteroatoms. The molecule has 1 unspecified atom stereocenters. The first-order valence-corrected chi connectivity index (χ1v) is 7.31. The molecular formula is C16H22N2O3. The molecule has 1 atom stereocenters. The molecule has 114 valence electrons. The fraction of sp³-hybridized carbons (Fsp3) is 0.500. The molecule has 1 aliphatic carbocycles. The summed E-state index contributed by atoms with van der Waals surface area (Å²) in [5, 5.41) is 9.92. The lowest BCUT2D eigenvalue weighted by atomic mass is 9.81. The van der Waals surface area contributed by atoms with E-state index in [0.29, 0.717) is 18.5 Å². The van der Waals surface area contributed by atoms with Gasteiger partial charge in [-0.1, -0.05) is 31.0 Å². The molecule has 0 radical (unpaired) electrons. The van der Waals surface area contributed by atoms with Crippen molar-refractivity contribution in [1.29, 1.82) is 0 Å². The summed E-state index contributed by atoms with van der Waals surface area (Å²) in [5.41, 5.74) is 5.39. The van der Waals surface area contributed by atoms with Crippen LogP contribution < -0.4 is 10.6 Å². The van der Waals surface area contributed by atoms with Gasteiger partial charge in [-0.25, -0.2) is 0 Å². The highest BCUT2D eigenvalue weighted by Gasteiger charge is 2.42. The second-order valence-electron chi connectivity index (χ2n) is 5.76. The van der Waals surface area contributed by atoms with Crippen LogP contribution in [0.15, 0.2) is 30.3 Å². The molecule has 1 aromatic carbocycles. The van der Waals surface area contributed by atoms with Crippen LogP contribution >= 0.6 is 0 Å². The molecule has 1 aliphatic rings. The van der Waals surface area contributed by atoms with Crippen molar-refractivity contribution in [3.8, 4) is 0 Å². The van der Waals surface area contributed by atoms with Crippen molar-refractivity contribution in [2.45, 2.75) is 45.3 Å². The van der Waals surface area contributed by atoms with Crippen molar-refractivity contribution < 1.29 is 14.7 Å². The molecule has 1 saturated carbocycles. The zero-order valence-electron chi connectivity index (χ0n) is 12.3. The van der Waals surface area contributed by atoms with Gasteiger partial charge in [0, 0.05) is 12.1 Å². The van der Waals surface area contributed by atoms with E-state index in [1.165, 1.54) is 11.8 Å². The minimum absolute atomic E-state index is 0.0577. The quantitative estimate of drug-likeness (QED) is 0.811. The molecule has 21 heavy (non-hydrogen) atoms. The highest BCUT2D eigenvalue weighted by Crippen LogP contribution is 2.41. The normalized spacial score (nSPS) is 18.2. The predicted octanol–water partition coefficient (Wildman–Crippen LogP) is 1.79. The van der Waals surface area contributed by atoms with E-state index in [0.717, 1.165) is 12.8 Å². The number of carbonyl (C=O) groups excluding carboxylic acids is 2. The van der Waals surface area contributed by atoms with E-state index in [1.54, 1.807) is 24.3 Å². The number of nitrogens with zero attached hydrogens (tertiary/aromatic N) is 1. The Morgan fingerprint density at radius 2 is 1.86 bits per heavy atom. The summed E-state index contributed by atoms with van der Waals surface area (Å²) in [6, 6.07) is 8.97. The smallest absolute Gasteiger partial charge is 0.230 e. The molecule has 2 amide bonds. The second-order valence-corrected chi connectivity index (χ2v) is 5.76. The number of primary amides is 1. The molecule has 0 spiro atoms. The van der Waals surface area contributed by atoms with Crippen LogP contribution in [0.4, 0.5) is 5.69 Å². The van der Waals surface area contributed by atoms with Gasteiger partial charge in [0.15, 0.2) is 0 Å². The number of amides is 2. The molecule has 0 heterocycles. The van der Waals surface area contributed by atoms with Gasteiger partial charge in [-0.15, -0.1) is 0 Å². The average molecular weight is 290 g/mol. The van der Waals surface area contributed by atoms with Crippen LogP contribution in [0.2, 0.25) is 0 Å². The molecular weight excluding hydrogens is 268 g/mol. The average Bonchev–Trinajstić information content (AvgIpc) is 2.89. The third kappa shape index (κ3) is 3.24. The Kier molecular flexibility index (Phi) is 4.63. The van der Waals surface area contributed by atoms with Crippen molar-refractivity contribution in [2.75, 3.05) is 4.90 Å². The number of hydrogen-bond acceptors (Lipinski definition) is 3. The predicted molar refractivity (Wildman–Crippen MR) is 80.3 cm³/mol. The zero-order chi connectivity index (χ0) is 15.5. The first-order valence-electron chi connectivity index (χ1n) is 7.31. The largest absolute Gasteiger partial charge is 0.373 e. The van der Waals surface area contributed by atoms with Crippen molar-refractivity contribution in [1.82, 2.24) is 0 Å². The van der Waals surface area contributed by atoms with E-state index in [9.17, 15) is 14.7 Å². The minimum Gasteiger partial charge on any atom is -0.373 e. The van der Waals surface area contributed by atoms with E-state index in [4.69, 9.17) is 5.73 Å². The molecule has 5 nitrogen and oxygen atoms in total. The molecule has 0 aliphatic heterocycles. The van der Waals surface area contributed by atoms with Crippen LogP contribution in [-0.4, -0.2) is 23.1 Å². The standard InChI is InChI=1S/C16H22N2O3/c1-12(19)18(13-7-3-2-4-8-13)14(20)11-16(15(17)21)9-5-6-10-16/h2-4,7-8,12,19H,5-6,9-11H2,1H3,(H2,17,21). The number of benzene rings is 1. The van der Waals surface area contributed by atoms with E-state index in [-0.39, 0.29) is 12.3 Å². The number of aliphatic hydroxyl groups excluding tert-OH is 1. The van der Waals surface area contributed by atoms with Gasteiger partial charge in [-0.05, 0) is 31.9 Å². The van der Waals surface area contributed by atoms with E-state index in [2.05, 4.69) is 0 Å². The van der Waals surface area contributed by atoms with Crippen LogP contribution in [0.3, 0.4) is 0 Å². The van der Waals surface area contributed by atoms with Gasteiger partial charge in [0.2, 0.25) is 11.8 Å². The van der Waals surface area contributed by atoms with Crippen molar-refractivity contribution in [3.05, 3.63) is 30.3 Å².